The summed E-state index contributed by atoms with van der Waals surface area (Å²) in [5, 5.41) is 8.63. The molecule has 0 bridgehead atoms. The lowest BCUT2D eigenvalue weighted by Gasteiger charge is -2.30. The Morgan fingerprint density at radius 2 is 1.86 bits per heavy atom. The molecule has 37 heavy (non-hydrogen) atoms. The number of carboxylic acid groups (broad SMARTS) is 1. The van der Waals surface area contributed by atoms with Gasteiger partial charge in [0.1, 0.15) is 17.8 Å². The summed E-state index contributed by atoms with van der Waals surface area (Å²) in [6.45, 7) is 1.23. The largest absolute Gasteiger partial charge is 0.495 e. The molecule has 0 amide bonds. The number of methoxy groups -OCH3 is 1. The first-order chi connectivity index (χ1) is 17.7. The molecule has 2 aliphatic rings. The van der Waals surface area contributed by atoms with Crippen LogP contribution in [-0.2, 0) is 19.5 Å². The van der Waals surface area contributed by atoms with Gasteiger partial charge in [-0.1, -0.05) is 18.2 Å². The maximum absolute atomic E-state index is 14.1. The van der Waals surface area contributed by atoms with Crippen molar-refractivity contribution in [3.63, 3.8) is 0 Å². The van der Waals surface area contributed by atoms with Crippen LogP contribution in [-0.4, -0.2) is 50.6 Å². The molecular formula is C25H23FN2O8S. The van der Waals surface area contributed by atoms with Gasteiger partial charge in [-0.2, -0.15) is 13.4 Å². The highest BCUT2D eigenvalue weighted by atomic mass is 32.2. The number of nitrogens with zero attached hydrogens (tertiary/aromatic N) is 1. The van der Waals surface area contributed by atoms with Crippen molar-refractivity contribution in [3.05, 3.63) is 65.7 Å². The van der Waals surface area contributed by atoms with Crippen LogP contribution in [0.4, 0.5) is 10.1 Å². The number of carboxylic acids is 1. The second-order valence-electron chi connectivity index (χ2n) is 8.55. The fourth-order valence-electron chi connectivity index (χ4n) is 4.33. The van der Waals surface area contributed by atoms with E-state index in [-0.39, 0.29) is 17.3 Å². The van der Waals surface area contributed by atoms with Crippen LogP contribution in [0, 0.1) is 5.82 Å². The monoisotopic (exact) mass is 530 g/mol. The number of sulfonamides is 1. The van der Waals surface area contributed by atoms with Gasteiger partial charge in [0.15, 0.2) is 5.79 Å². The highest BCUT2D eigenvalue weighted by molar-refractivity contribution is 7.92. The van der Waals surface area contributed by atoms with Gasteiger partial charge in [0, 0.05) is 24.5 Å². The Morgan fingerprint density at radius 1 is 1.16 bits per heavy atom. The van der Waals surface area contributed by atoms with Gasteiger partial charge in [0.05, 0.1) is 31.6 Å². The summed E-state index contributed by atoms with van der Waals surface area (Å²) in [6, 6.07) is 8.99. The fourth-order valence-corrected chi connectivity index (χ4v) is 5.27. The van der Waals surface area contributed by atoms with Crippen LogP contribution < -0.4 is 9.46 Å². The van der Waals surface area contributed by atoms with Gasteiger partial charge in [-0.05, 0) is 35.8 Å². The number of oxazole rings is 1. The van der Waals surface area contributed by atoms with Gasteiger partial charge in [0.25, 0.3) is 10.0 Å². The highest BCUT2D eigenvalue weighted by Crippen LogP contribution is 2.38. The summed E-state index contributed by atoms with van der Waals surface area (Å²) >= 11 is 0. The zero-order chi connectivity index (χ0) is 26.2. The van der Waals surface area contributed by atoms with E-state index in [1.165, 1.54) is 12.7 Å². The summed E-state index contributed by atoms with van der Waals surface area (Å²) in [5.74, 6) is -3.23. The summed E-state index contributed by atoms with van der Waals surface area (Å²) in [6.07, 6.45) is 5.36. The Bertz CT molecular complexity index is 1470. The summed E-state index contributed by atoms with van der Waals surface area (Å²) in [7, 11) is -3.10. The number of hydrogen-bond donors (Lipinski definition) is 2. The number of carbonyl (C=O) groups is 1. The zero-order valence-electron chi connectivity index (χ0n) is 19.7. The highest BCUT2D eigenvalue weighted by Gasteiger charge is 2.37. The number of nitrogens with one attached hydrogen (secondary N) is 1. The topological polar surface area (TPSA) is 137 Å². The minimum atomic E-state index is -4.30. The van der Waals surface area contributed by atoms with E-state index >= 15 is 0 Å². The van der Waals surface area contributed by atoms with E-state index in [2.05, 4.69) is 15.8 Å². The second-order valence-corrected chi connectivity index (χ2v) is 10.2. The van der Waals surface area contributed by atoms with Crippen LogP contribution in [0.5, 0.6) is 5.75 Å². The van der Waals surface area contributed by atoms with Crippen LogP contribution in [0.3, 0.4) is 0 Å². The molecule has 1 spiro atoms. The van der Waals surface area contributed by atoms with Crippen molar-refractivity contribution in [3.8, 4) is 17.2 Å². The third-order valence-electron chi connectivity index (χ3n) is 6.27. The molecule has 12 heteroatoms. The van der Waals surface area contributed by atoms with Gasteiger partial charge in [-0.25, -0.2) is 9.18 Å². The molecule has 0 radical (unpaired) electrons. The summed E-state index contributed by atoms with van der Waals surface area (Å²) in [4.78, 5) is 15.2. The molecule has 1 aromatic heterocycles. The molecule has 1 aliphatic heterocycles. The third kappa shape index (κ3) is 4.95. The maximum Gasteiger partial charge on any atom is 0.338 e. The molecule has 0 unspecified atom stereocenters. The van der Waals surface area contributed by atoms with Gasteiger partial charge in [0.2, 0.25) is 10.9 Å². The molecule has 0 atom stereocenters. The van der Waals surface area contributed by atoms with Crippen molar-refractivity contribution in [2.24, 2.45) is 0 Å². The SMILES string of the molecule is COc1cc(C(=O)O)c(F)cc1NS(=O)(=O)c1coc(-c2ccc(C3=CCC4(CC3)OCCO4)cc2)n1. The molecule has 3 aromatic rings. The molecule has 5 rings (SSSR count). The minimum absolute atomic E-state index is 0.0793. The van der Waals surface area contributed by atoms with Gasteiger partial charge < -0.3 is 23.7 Å². The van der Waals surface area contributed by atoms with Crippen molar-refractivity contribution in [1.29, 1.82) is 0 Å². The van der Waals surface area contributed by atoms with Crippen LogP contribution in [0.1, 0.15) is 35.2 Å². The maximum atomic E-state index is 14.1. The first kappa shape index (κ1) is 24.9. The fraction of sp³-hybridized carbons (Fsp3) is 0.280. The number of hydrogen-bond acceptors (Lipinski definition) is 8. The molecule has 194 valence electrons. The van der Waals surface area contributed by atoms with Crippen molar-refractivity contribution in [1.82, 2.24) is 4.98 Å². The number of aromatic nitrogens is 1. The smallest absolute Gasteiger partial charge is 0.338 e. The predicted molar refractivity (Wildman–Crippen MR) is 129 cm³/mol. The van der Waals surface area contributed by atoms with Crippen molar-refractivity contribution >= 4 is 27.3 Å². The zero-order valence-corrected chi connectivity index (χ0v) is 20.5. The van der Waals surface area contributed by atoms with E-state index in [1.54, 1.807) is 12.1 Å². The molecule has 2 N–H and O–H groups in total. The molecule has 2 heterocycles. The number of halogens is 1. The number of aromatic carboxylic acids is 1. The first-order valence-electron chi connectivity index (χ1n) is 11.4. The number of rotatable bonds is 7. The average Bonchev–Trinajstić information content (AvgIpc) is 3.55. The van der Waals surface area contributed by atoms with E-state index in [0.717, 1.165) is 36.8 Å². The van der Waals surface area contributed by atoms with Crippen LogP contribution in [0.15, 0.2) is 58.2 Å². The quantitative estimate of drug-likeness (QED) is 0.458. The predicted octanol–water partition coefficient (Wildman–Crippen LogP) is 4.30. The number of benzene rings is 2. The van der Waals surface area contributed by atoms with Crippen LogP contribution in [0.2, 0.25) is 0 Å². The van der Waals surface area contributed by atoms with Crippen LogP contribution in [0.25, 0.3) is 17.0 Å². The molecular weight excluding hydrogens is 507 g/mol. The summed E-state index contributed by atoms with van der Waals surface area (Å²) in [5.41, 5.74) is 1.82. The van der Waals surface area contributed by atoms with Crippen LogP contribution >= 0.6 is 0 Å². The Kier molecular flexibility index (Phi) is 6.48. The Hall–Kier alpha value is -3.74. The van der Waals surface area contributed by atoms with E-state index in [9.17, 15) is 17.6 Å². The molecule has 1 saturated heterocycles. The average molecular weight is 531 g/mol. The number of ether oxygens (including phenoxy) is 3. The second kappa shape index (κ2) is 9.61. The Morgan fingerprint density at radius 3 is 2.49 bits per heavy atom. The van der Waals surface area contributed by atoms with Crippen molar-refractivity contribution < 1.29 is 41.3 Å². The summed E-state index contributed by atoms with van der Waals surface area (Å²) < 4.78 is 63.9. The minimum Gasteiger partial charge on any atom is -0.495 e. The third-order valence-corrected chi connectivity index (χ3v) is 7.50. The van der Waals surface area contributed by atoms with E-state index < -0.39 is 38.2 Å². The van der Waals surface area contributed by atoms with Gasteiger partial charge in [-0.15, -0.1) is 0 Å². The van der Waals surface area contributed by atoms with Crippen molar-refractivity contribution in [2.75, 3.05) is 25.0 Å². The molecule has 10 nitrogen and oxygen atoms in total. The first-order valence-corrected chi connectivity index (χ1v) is 12.8. The van der Waals surface area contributed by atoms with Gasteiger partial charge >= 0.3 is 5.97 Å². The van der Waals surface area contributed by atoms with E-state index in [0.29, 0.717) is 25.2 Å². The normalized spacial score (nSPS) is 17.0. The molecule has 1 fully saturated rings. The molecule has 2 aromatic carbocycles. The van der Waals surface area contributed by atoms with E-state index in [1.807, 2.05) is 12.1 Å². The molecule has 1 aliphatic carbocycles. The standard InChI is InChI=1S/C25H23FN2O8S/c1-33-21-12-18(24(29)30)19(26)13-20(21)28-37(31,32)22-14-34-23(27-22)17-4-2-15(3-5-17)16-6-8-25(9-7-16)35-10-11-36-25/h2-6,12-14,28H,7-11H2,1H3,(H,29,30). The number of allylic oxidation sites excluding steroid dienone is 1. The van der Waals surface area contributed by atoms with Crippen molar-refractivity contribution in [2.45, 2.75) is 30.1 Å². The lowest BCUT2D eigenvalue weighted by Crippen LogP contribution is -2.31. The molecule has 0 saturated carbocycles. The lowest BCUT2D eigenvalue weighted by molar-refractivity contribution is -0.159. The lowest BCUT2D eigenvalue weighted by atomic mass is 9.89. The van der Waals surface area contributed by atoms with E-state index in [4.69, 9.17) is 23.7 Å². The van der Waals surface area contributed by atoms with Gasteiger partial charge in [-0.3, -0.25) is 4.72 Å². The Balaban J connectivity index is 1.33. The Labute approximate surface area is 211 Å². The number of anilines is 1.